The molecule has 0 spiro atoms. The number of fused-ring (bicyclic) bond motifs is 1. The van der Waals surface area contributed by atoms with Crippen LogP contribution in [0.25, 0.3) is 10.9 Å². The van der Waals surface area contributed by atoms with E-state index in [4.69, 9.17) is 0 Å². The van der Waals surface area contributed by atoms with Crippen LogP contribution in [0.4, 0.5) is 0 Å². The third kappa shape index (κ3) is 3.07. The number of hydrogen-bond donors (Lipinski definition) is 0. The van der Waals surface area contributed by atoms with E-state index >= 15 is 0 Å². The quantitative estimate of drug-likeness (QED) is 0.802. The normalized spacial score (nSPS) is 10.9. The molecule has 0 saturated carbocycles. The van der Waals surface area contributed by atoms with E-state index in [9.17, 15) is 9.90 Å². The van der Waals surface area contributed by atoms with E-state index in [1.807, 2.05) is 13.0 Å². The highest BCUT2D eigenvalue weighted by Crippen LogP contribution is 2.26. The number of pyridine rings is 1. The van der Waals surface area contributed by atoms with Gasteiger partial charge in [0.25, 0.3) is 0 Å². The van der Waals surface area contributed by atoms with E-state index in [0.717, 1.165) is 27.9 Å². The van der Waals surface area contributed by atoms with Gasteiger partial charge in [-0.15, -0.1) is 11.8 Å². The Balaban J connectivity index is 2.51. The van der Waals surface area contributed by atoms with Crippen molar-refractivity contribution in [2.24, 2.45) is 0 Å². The number of aryl methyl sites for hydroxylation is 3. The minimum atomic E-state index is -1.06. The van der Waals surface area contributed by atoms with E-state index in [2.05, 4.69) is 31.0 Å². The Morgan fingerprint density at radius 3 is 2.58 bits per heavy atom. The summed E-state index contributed by atoms with van der Waals surface area (Å²) < 4.78 is 0. The third-order valence-corrected chi connectivity index (χ3v) is 4.18. The molecular formula is C15H16NO2S-. The van der Waals surface area contributed by atoms with Crippen LogP contribution in [0.2, 0.25) is 0 Å². The molecule has 0 atom stereocenters. The van der Waals surface area contributed by atoms with Crippen LogP contribution in [0, 0.1) is 13.8 Å². The molecule has 2 rings (SSSR count). The van der Waals surface area contributed by atoms with Crippen molar-refractivity contribution in [1.82, 2.24) is 4.98 Å². The molecule has 19 heavy (non-hydrogen) atoms. The lowest BCUT2D eigenvalue weighted by molar-refractivity contribution is -0.301. The lowest BCUT2D eigenvalue weighted by atomic mass is 10.0. The summed E-state index contributed by atoms with van der Waals surface area (Å²) in [5, 5.41) is 12.5. The third-order valence-electron chi connectivity index (χ3n) is 3.18. The minimum absolute atomic E-state index is 0.0592. The number of carbonyl (C=O) groups excluding carboxylic acids is 1. The number of aliphatic carboxylic acids is 1. The molecule has 1 aromatic heterocycles. The molecule has 100 valence electrons. The molecule has 3 nitrogen and oxygen atoms in total. The lowest BCUT2D eigenvalue weighted by Crippen LogP contribution is -2.24. The smallest absolute Gasteiger partial charge is 0.100 e. The summed E-state index contributed by atoms with van der Waals surface area (Å²) in [6.45, 7) is 6.18. The molecular weight excluding hydrogens is 258 g/mol. The van der Waals surface area contributed by atoms with Gasteiger partial charge in [-0.3, -0.25) is 0 Å². The first-order valence-electron chi connectivity index (χ1n) is 6.24. The maximum absolute atomic E-state index is 10.6. The number of nitrogens with zero attached hydrogens (tertiary/aromatic N) is 1. The molecule has 0 aliphatic rings. The van der Waals surface area contributed by atoms with Crippen molar-refractivity contribution >= 4 is 28.6 Å². The van der Waals surface area contributed by atoms with Crippen LogP contribution in [-0.2, 0) is 11.2 Å². The van der Waals surface area contributed by atoms with E-state index in [-0.39, 0.29) is 5.75 Å². The Labute approximate surface area is 117 Å². The number of hydrogen-bond acceptors (Lipinski definition) is 4. The second kappa shape index (κ2) is 5.61. The largest absolute Gasteiger partial charge is 0.549 e. The first-order valence-corrected chi connectivity index (χ1v) is 7.23. The van der Waals surface area contributed by atoms with Gasteiger partial charge in [-0.2, -0.15) is 0 Å². The Kier molecular flexibility index (Phi) is 4.10. The van der Waals surface area contributed by atoms with Gasteiger partial charge in [0.05, 0.1) is 11.5 Å². The Hall–Kier alpha value is -1.55. The van der Waals surface area contributed by atoms with Crippen LogP contribution >= 0.6 is 11.8 Å². The van der Waals surface area contributed by atoms with Gasteiger partial charge in [0.15, 0.2) is 0 Å². The minimum Gasteiger partial charge on any atom is -0.549 e. The molecule has 0 amide bonds. The molecule has 0 unspecified atom stereocenters. The van der Waals surface area contributed by atoms with Gasteiger partial charge >= 0.3 is 0 Å². The average molecular weight is 274 g/mol. The van der Waals surface area contributed by atoms with Gasteiger partial charge in [-0.1, -0.05) is 6.92 Å². The van der Waals surface area contributed by atoms with Gasteiger partial charge in [0.1, 0.15) is 5.03 Å². The highest BCUT2D eigenvalue weighted by Gasteiger charge is 2.08. The Morgan fingerprint density at radius 2 is 1.95 bits per heavy atom. The highest BCUT2D eigenvalue weighted by molar-refractivity contribution is 7.99. The zero-order valence-electron chi connectivity index (χ0n) is 11.3. The van der Waals surface area contributed by atoms with Gasteiger partial charge in [0.2, 0.25) is 0 Å². The molecule has 0 radical (unpaired) electrons. The van der Waals surface area contributed by atoms with Gasteiger partial charge < -0.3 is 9.90 Å². The van der Waals surface area contributed by atoms with E-state index in [1.54, 1.807) is 0 Å². The average Bonchev–Trinajstić information content (AvgIpc) is 2.37. The van der Waals surface area contributed by atoms with Crippen LogP contribution in [0.1, 0.15) is 23.6 Å². The molecule has 1 heterocycles. The molecule has 0 aliphatic heterocycles. The van der Waals surface area contributed by atoms with Crippen LogP contribution < -0.4 is 5.11 Å². The SMILES string of the molecule is CCc1cc2cc(C)c(C)cc2nc1SCC(=O)[O-]. The molecule has 4 heteroatoms. The van der Waals surface area contributed by atoms with Crippen LogP contribution in [0.15, 0.2) is 23.2 Å². The van der Waals surface area contributed by atoms with Gasteiger partial charge in [-0.05, 0) is 55.2 Å². The summed E-state index contributed by atoms with van der Waals surface area (Å²) in [6.07, 6.45) is 0.839. The Bertz CT molecular complexity index is 638. The summed E-state index contributed by atoms with van der Waals surface area (Å²) >= 11 is 1.23. The van der Waals surface area contributed by atoms with Crippen LogP contribution in [0.5, 0.6) is 0 Å². The number of carbonyl (C=O) groups is 1. The number of rotatable bonds is 4. The molecule has 1 aromatic carbocycles. The van der Waals surface area contributed by atoms with E-state index < -0.39 is 5.97 Å². The fourth-order valence-corrected chi connectivity index (χ4v) is 2.78. The predicted octanol–water partition coefficient (Wildman–Crippen LogP) is 2.26. The zero-order chi connectivity index (χ0) is 14.0. The Morgan fingerprint density at radius 1 is 1.26 bits per heavy atom. The maximum Gasteiger partial charge on any atom is 0.100 e. The number of aromatic nitrogens is 1. The lowest BCUT2D eigenvalue weighted by Gasteiger charge is -2.11. The summed E-state index contributed by atoms with van der Waals surface area (Å²) in [6, 6.07) is 6.28. The molecule has 2 aromatic rings. The van der Waals surface area contributed by atoms with E-state index in [0.29, 0.717) is 0 Å². The van der Waals surface area contributed by atoms with Crippen molar-refractivity contribution in [1.29, 1.82) is 0 Å². The molecule has 0 saturated heterocycles. The van der Waals surface area contributed by atoms with Crippen molar-refractivity contribution < 1.29 is 9.90 Å². The highest BCUT2D eigenvalue weighted by atomic mass is 32.2. The molecule has 0 N–H and O–H groups in total. The number of carboxylic acids is 1. The maximum atomic E-state index is 10.6. The van der Waals surface area contributed by atoms with Gasteiger partial charge in [-0.25, -0.2) is 4.98 Å². The number of thioether (sulfide) groups is 1. The predicted molar refractivity (Wildman–Crippen MR) is 76.3 cm³/mol. The second-order valence-corrected chi connectivity index (χ2v) is 5.56. The topological polar surface area (TPSA) is 53.0 Å². The summed E-state index contributed by atoms with van der Waals surface area (Å²) in [5.41, 5.74) is 4.44. The zero-order valence-corrected chi connectivity index (χ0v) is 12.1. The van der Waals surface area contributed by atoms with Crippen molar-refractivity contribution in [3.05, 3.63) is 34.9 Å². The van der Waals surface area contributed by atoms with Crippen LogP contribution in [0.3, 0.4) is 0 Å². The molecule has 0 bridgehead atoms. The van der Waals surface area contributed by atoms with Crippen molar-refractivity contribution in [2.45, 2.75) is 32.2 Å². The van der Waals surface area contributed by atoms with Crippen LogP contribution in [-0.4, -0.2) is 16.7 Å². The monoisotopic (exact) mass is 274 g/mol. The first-order chi connectivity index (χ1) is 9.01. The summed E-state index contributed by atoms with van der Waals surface area (Å²) in [5.74, 6) is -1.12. The van der Waals surface area contributed by atoms with Crippen molar-refractivity contribution in [3.8, 4) is 0 Å². The number of carboxylic acid groups (broad SMARTS) is 1. The summed E-state index contributed by atoms with van der Waals surface area (Å²) in [7, 11) is 0. The molecule has 0 aliphatic carbocycles. The first kappa shape index (κ1) is 13.9. The fraction of sp³-hybridized carbons (Fsp3) is 0.333. The summed E-state index contributed by atoms with van der Waals surface area (Å²) in [4.78, 5) is 15.2. The molecule has 0 fully saturated rings. The number of benzene rings is 1. The second-order valence-electron chi connectivity index (χ2n) is 4.60. The fourth-order valence-electron chi connectivity index (χ4n) is 1.97. The van der Waals surface area contributed by atoms with Crippen molar-refractivity contribution in [3.63, 3.8) is 0 Å². The van der Waals surface area contributed by atoms with Crippen molar-refractivity contribution in [2.75, 3.05) is 5.75 Å². The van der Waals surface area contributed by atoms with Gasteiger partial charge in [0, 0.05) is 11.1 Å². The van der Waals surface area contributed by atoms with E-state index in [1.165, 1.54) is 22.9 Å². The standard InChI is InChI=1S/C15H17NO2S/c1-4-11-7-12-5-9(2)10(3)6-13(12)16-15(11)19-8-14(17)18/h5-7H,4,8H2,1-3H3,(H,17,18)/p-1.